The van der Waals surface area contributed by atoms with Crippen LogP contribution < -0.4 is 0 Å². The summed E-state index contributed by atoms with van der Waals surface area (Å²) in [5.74, 6) is 1.78. The average Bonchev–Trinajstić information content (AvgIpc) is 4.15. The molecule has 0 saturated heterocycles. The van der Waals surface area contributed by atoms with Gasteiger partial charge in [0.05, 0.1) is 11.0 Å². The van der Waals surface area contributed by atoms with Crippen LogP contribution in [-0.2, 0) is 0 Å². The zero-order chi connectivity index (χ0) is 48.0. The Morgan fingerprint density at radius 3 is 1.74 bits per heavy atom. The van der Waals surface area contributed by atoms with Gasteiger partial charge in [0.1, 0.15) is 11.2 Å². The van der Waals surface area contributed by atoms with Crippen LogP contribution in [0.2, 0.25) is 0 Å². The molecule has 0 fully saturated rings. The van der Waals surface area contributed by atoms with Gasteiger partial charge in [-0.15, -0.1) is 11.3 Å². The molecule has 0 saturated carbocycles. The molecule has 0 amide bonds. The van der Waals surface area contributed by atoms with Gasteiger partial charge >= 0.3 is 0 Å². The monoisotopic (exact) mass is 948 g/mol. The molecule has 0 aliphatic heterocycles. The number of benzene rings is 11. The van der Waals surface area contributed by atoms with Crippen molar-refractivity contribution in [1.29, 1.82) is 0 Å². The van der Waals surface area contributed by atoms with Crippen LogP contribution in [0.5, 0.6) is 0 Å². The molecule has 0 unspecified atom stereocenters. The minimum atomic E-state index is 0.580. The summed E-state index contributed by atoms with van der Waals surface area (Å²) in [5.41, 5.74) is 14.6. The van der Waals surface area contributed by atoms with E-state index in [1.54, 1.807) is 0 Å². The Morgan fingerprint density at radius 1 is 0.329 bits per heavy atom. The second-order valence-corrected chi connectivity index (χ2v) is 19.8. The van der Waals surface area contributed by atoms with Crippen LogP contribution in [-0.4, -0.2) is 19.5 Å². The first-order valence-corrected chi connectivity index (χ1v) is 25.4. The van der Waals surface area contributed by atoms with Gasteiger partial charge in [-0.3, -0.25) is 0 Å². The van der Waals surface area contributed by atoms with Crippen molar-refractivity contribution in [2.75, 3.05) is 0 Å². The van der Waals surface area contributed by atoms with Gasteiger partial charge in [-0.25, -0.2) is 15.0 Å². The summed E-state index contributed by atoms with van der Waals surface area (Å²) in [6.45, 7) is 0. The third kappa shape index (κ3) is 6.87. The molecule has 0 N–H and O–H groups in total. The molecular weight excluding hydrogens is 909 g/mol. The van der Waals surface area contributed by atoms with E-state index in [1.165, 1.54) is 69.5 Å². The standard InChI is InChI=1S/C67H40N4OS/c1-2-15-42(16-3-1)65-68-66(70-67(69-65)49-31-33-54-53-24-6-8-28-59(53)72-60(54)39-49)48-21-11-18-44(37-48)45-19-12-22-50(38-45)71-58-35-32-41-14-4-5-23-51(41)63(58)57-27-13-26-52(64(57)71)47-20-10-17-43(36-47)46-30-34-56-55-25-7-9-29-61(55)73-62(56)40-46/h1-40H. The van der Waals surface area contributed by atoms with E-state index >= 15 is 0 Å². The van der Waals surface area contributed by atoms with Gasteiger partial charge in [-0.2, -0.15) is 0 Å². The molecule has 6 heteroatoms. The summed E-state index contributed by atoms with van der Waals surface area (Å²) < 4.78 is 11.4. The van der Waals surface area contributed by atoms with Crippen molar-refractivity contribution >= 4 is 86.0 Å². The number of rotatable bonds is 7. The normalized spacial score (nSPS) is 11.8. The van der Waals surface area contributed by atoms with Gasteiger partial charge in [0.25, 0.3) is 0 Å². The molecule has 4 aromatic heterocycles. The number of aromatic nitrogens is 4. The quantitative estimate of drug-likeness (QED) is 0.160. The molecule has 0 bridgehead atoms. The van der Waals surface area contributed by atoms with E-state index in [9.17, 15) is 0 Å². The summed E-state index contributed by atoms with van der Waals surface area (Å²) in [4.78, 5) is 15.3. The first-order valence-electron chi connectivity index (χ1n) is 24.6. The number of hydrogen-bond acceptors (Lipinski definition) is 5. The van der Waals surface area contributed by atoms with Crippen LogP contribution in [0.1, 0.15) is 0 Å². The zero-order valence-electron chi connectivity index (χ0n) is 39.2. The van der Waals surface area contributed by atoms with E-state index in [-0.39, 0.29) is 0 Å². The zero-order valence-corrected chi connectivity index (χ0v) is 40.0. The molecule has 4 heterocycles. The van der Waals surface area contributed by atoms with Crippen LogP contribution in [0.3, 0.4) is 0 Å². The molecule has 0 atom stereocenters. The van der Waals surface area contributed by atoms with Crippen LogP contribution in [0.4, 0.5) is 0 Å². The van der Waals surface area contributed by atoms with E-state index in [0.717, 1.165) is 61.0 Å². The highest BCUT2D eigenvalue weighted by atomic mass is 32.1. The maximum atomic E-state index is 6.31. The highest BCUT2D eigenvalue weighted by Gasteiger charge is 2.21. The molecule has 0 radical (unpaired) electrons. The maximum Gasteiger partial charge on any atom is 0.164 e. The topological polar surface area (TPSA) is 56.7 Å². The number of nitrogens with zero attached hydrogens (tertiary/aromatic N) is 4. The Bertz CT molecular complexity index is 4700. The summed E-state index contributed by atoms with van der Waals surface area (Å²) in [6.07, 6.45) is 0. The Morgan fingerprint density at radius 2 is 0.890 bits per heavy atom. The third-order valence-corrected chi connectivity index (χ3v) is 15.6. The summed E-state index contributed by atoms with van der Waals surface area (Å²) >= 11 is 1.86. The molecule has 340 valence electrons. The lowest BCUT2D eigenvalue weighted by atomic mass is 9.96. The number of hydrogen-bond donors (Lipinski definition) is 0. The van der Waals surface area contributed by atoms with E-state index < -0.39 is 0 Å². The molecule has 11 aromatic carbocycles. The van der Waals surface area contributed by atoms with E-state index in [1.807, 2.05) is 65.9 Å². The number of furan rings is 1. The third-order valence-electron chi connectivity index (χ3n) is 14.4. The van der Waals surface area contributed by atoms with E-state index in [0.29, 0.717) is 17.5 Å². The second kappa shape index (κ2) is 16.6. The lowest BCUT2D eigenvalue weighted by Crippen LogP contribution is -2.00. The summed E-state index contributed by atoms with van der Waals surface area (Å²) in [5, 5.41) is 9.68. The van der Waals surface area contributed by atoms with Crippen molar-refractivity contribution in [3.8, 4) is 73.2 Å². The smallest absolute Gasteiger partial charge is 0.164 e. The first kappa shape index (κ1) is 41.3. The van der Waals surface area contributed by atoms with Gasteiger partial charge in [-0.1, -0.05) is 182 Å². The fourth-order valence-electron chi connectivity index (χ4n) is 11.0. The molecule has 0 aliphatic carbocycles. The lowest BCUT2D eigenvalue weighted by molar-refractivity contribution is 0.669. The molecule has 15 rings (SSSR count). The van der Waals surface area contributed by atoms with Gasteiger partial charge in [0.2, 0.25) is 0 Å². The van der Waals surface area contributed by atoms with Crippen molar-refractivity contribution < 1.29 is 4.42 Å². The molecule has 73 heavy (non-hydrogen) atoms. The fraction of sp³-hybridized carbons (Fsp3) is 0. The number of thiophene rings is 1. The SMILES string of the molecule is c1ccc(-c2nc(-c3cccc(-c4cccc(-n5c6ccc7ccccc7c6c6cccc(-c7cccc(-c8ccc9c(c8)sc8ccccc89)c7)c65)c4)c3)nc(-c3ccc4c(c3)oc3ccccc34)n2)cc1. The Balaban J connectivity index is 0.867. The highest BCUT2D eigenvalue weighted by Crippen LogP contribution is 2.43. The van der Waals surface area contributed by atoms with Crippen LogP contribution in [0, 0.1) is 0 Å². The van der Waals surface area contributed by atoms with Crippen LogP contribution in [0.15, 0.2) is 247 Å². The van der Waals surface area contributed by atoms with Crippen molar-refractivity contribution in [3.63, 3.8) is 0 Å². The Hall–Kier alpha value is -9.49. The molecule has 15 aromatic rings. The maximum absolute atomic E-state index is 6.31. The first-order chi connectivity index (χ1) is 36.1. The summed E-state index contributed by atoms with van der Waals surface area (Å²) in [7, 11) is 0. The minimum Gasteiger partial charge on any atom is -0.456 e. The molecule has 5 nitrogen and oxygen atoms in total. The van der Waals surface area contributed by atoms with Crippen molar-refractivity contribution in [1.82, 2.24) is 19.5 Å². The van der Waals surface area contributed by atoms with Crippen molar-refractivity contribution in [2.24, 2.45) is 0 Å². The fourth-order valence-corrected chi connectivity index (χ4v) is 12.1. The Kier molecular flexibility index (Phi) is 9.37. The minimum absolute atomic E-state index is 0.580. The molecular formula is C67H40N4OS. The average molecular weight is 949 g/mol. The van der Waals surface area contributed by atoms with Gasteiger partial charge in [-0.05, 0) is 99.3 Å². The van der Waals surface area contributed by atoms with Crippen molar-refractivity contribution in [3.05, 3.63) is 243 Å². The molecule has 0 aliphatic rings. The van der Waals surface area contributed by atoms with Crippen molar-refractivity contribution in [2.45, 2.75) is 0 Å². The van der Waals surface area contributed by atoms with Crippen LogP contribution >= 0.6 is 11.3 Å². The van der Waals surface area contributed by atoms with E-state index in [4.69, 9.17) is 19.4 Å². The summed E-state index contributed by atoms with van der Waals surface area (Å²) in [6, 6.07) is 86.7. The van der Waals surface area contributed by atoms with Gasteiger partial charge < -0.3 is 8.98 Å². The second-order valence-electron chi connectivity index (χ2n) is 18.7. The largest absolute Gasteiger partial charge is 0.456 e. The molecule has 0 spiro atoms. The predicted molar refractivity (Wildman–Crippen MR) is 304 cm³/mol. The Labute approximate surface area is 423 Å². The van der Waals surface area contributed by atoms with Gasteiger partial charge in [0.15, 0.2) is 17.5 Å². The lowest BCUT2D eigenvalue weighted by Gasteiger charge is -2.14. The predicted octanol–water partition coefficient (Wildman–Crippen LogP) is 18.4. The van der Waals surface area contributed by atoms with E-state index in [2.05, 4.69) is 193 Å². The number of para-hydroxylation sites is 2. The highest BCUT2D eigenvalue weighted by molar-refractivity contribution is 7.25. The van der Waals surface area contributed by atoms with Gasteiger partial charge in [0, 0.05) is 69.7 Å². The number of fused-ring (bicyclic) bond motifs is 11. The van der Waals surface area contributed by atoms with Crippen LogP contribution in [0.25, 0.3) is 148 Å².